The summed E-state index contributed by atoms with van der Waals surface area (Å²) < 4.78 is 0. The zero-order valence-electron chi connectivity index (χ0n) is 5.80. The predicted octanol–water partition coefficient (Wildman–Crippen LogP) is 0.515. The minimum Gasteiger partial charge on any atom is -0.390 e. The van der Waals surface area contributed by atoms with Crippen LogP contribution in [0.1, 0.15) is 39.0 Å². The van der Waals surface area contributed by atoms with Crippen LogP contribution in [0.2, 0.25) is 0 Å². The number of hydrogen-bond acceptors (Lipinski definition) is 1. The van der Waals surface area contributed by atoms with Crippen LogP contribution in [0, 0.1) is 0 Å². The molecular formula is C7H17AlNiO. The Labute approximate surface area is 83.6 Å². The molecule has 0 amide bonds. The van der Waals surface area contributed by atoms with Crippen molar-refractivity contribution in [3.8, 4) is 0 Å². The maximum atomic E-state index is 9.37. The van der Waals surface area contributed by atoms with Gasteiger partial charge in [-0.15, -0.1) is 0 Å². The third-order valence-corrected chi connectivity index (χ3v) is 1.93. The van der Waals surface area contributed by atoms with Crippen LogP contribution in [-0.4, -0.2) is 28.1 Å². The fourth-order valence-electron chi connectivity index (χ4n) is 1.31. The van der Waals surface area contributed by atoms with Crippen molar-refractivity contribution in [3.63, 3.8) is 0 Å². The standard InChI is InChI=1S/C7H14O.Al.Ni.3H/c1-7(8)5-3-2-4-6-7;;;;;/h8H,2-6H2,1H3;;;;;. The van der Waals surface area contributed by atoms with Gasteiger partial charge in [0.2, 0.25) is 0 Å². The van der Waals surface area contributed by atoms with Crippen molar-refractivity contribution >= 4 is 17.4 Å². The molecule has 3 heteroatoms. The van der Waals surface area contributed by atoms with Gasteiger partial charge in [0.05, 0.1) is 5.60 Å². The van der Waals surface area contributed by atoms with E-state index in [1.165, 1.54) is 19.3 Å². The summed E-state index contributed by atoms with van der Waals surface area (Å²) in [7, 11) is 0. The predicted molar refractivity (Wildman–Crippen MR) is 43.6 cm³/mol. The van der Waals surface area contributed by atoms with Gasteiger partial charge in [0.15, 0.2) is 17.4 Å². The quantitative estimate of drug-likeness (QED) is 0.568. The van der Waals surface area contributed by atoms with E-state index in [9.17, 15) is 5.11 Å². The third-order valence-electron chi connectivity index (χ3n) is 1.93. The molecule has 0 spiro atoms. The first-order chi connectivity index (χ1) is 3.71. The van der Waals surface area contributed by atoms with Crippen molar-refractivity contribution in [1.82, 2.24) is 0 Å². The van der Waals surface area contributed by atoms with Crippen LogP contribution >= 0.6 is 0 Å². The molecule has 1 aliphatic carbocycles. The first kappa shape index (κ1) is 13.6. The number of rotatable bonds is 0. The molecular weight excluding hydrogens is 186 g/mol. The fraction of sp³-hybridized carbons (Fsp3) is 1.00. The van der Waals surface area contributed by atoms with Crippen molar-refractivity contribution in [2.45, 2.75) is 44.6 Å². The summed E-state index contributed by atoms with van der Waals surface area (Å²) in [5, 5.41) is 9.37. The first-order valence-electron chi connectivity index (χ1n) is 3.43. The average molecular weight is 203 g/mol. The van der Waals surface area contributed by atoms with Crippen molar-refractivity contribution in [3.05, 3.63) is 0 Å². The molecule has 0 atom stereocenters. The van der Waals surface area contributed by atoms with Gasteiger partial charge in [-0.3, -0.25) is 0 Å². The third kappa shape index (κ3) is 4.75. The van der Waals surface area contributed by atoms with E-state index in [1.54, 1.807) is 0 Å². The molecule has 1 rings (SSSR count). The van der Waals surface area contributed by atoms with E-state index < -0.39 is 0 Å². The van der Waals surface area contributed by atoms with E-state index in [2.05, 4.69) is 0 Å². The minimum absolute atomic E-state index is 0. The van der Waals surface area contributed by atoms with E-state index in [0.29, 0.717) is 0 Å². The summed E-state index contributed by atoms with van der Waals surface area (Å²) in [6.45, 7) is 1.94. The molecule has 1 aliphatic rings. The van der Waals surface area contributed by atoms with Crippen LogP contribution in [-0.2, 0) is 16.5 Å². The molecule has 0 radical (unpaired) electrons. The van der Waals surface area contributed by atoms with Crippen LogP contribution in [0.5, 0.6) is 0 Å². The van der Waals surface area contributed by atoms with Crippen molar-refractivity contribution < 1.29 is 21.6 Å². The topological polar surface area (TPSA) is 20.2 Å². The Morgan fingerprint density at radius 3 is 1.70 bits per heavy atom. The van der Waals surface area contributed by atoms with Crippen LogP contribution in [0.15, 0.2) is 0 Å². The fourth-order valence-corrected chi connectivity index (χ4v) is 1.31. The smallest absolute Gasteiger partial charge is 0.187 e. The summed E-state index contributed by atoms with van der Waals surface area (Å²) in [6, 6.07) is 0. The van der Waals surface area contributed by atoms with Gasteiger partial charge in [-0.05, 0) is 19.8 Å². The molecule has 0 aromatic carbocycles. The largest absolute Gasteiger partial charge is 0.390 e. The van der Waals surface area contributed by atoms with Gasteiger partial charge in [-0.25, -0.2) is 0 Å². The molecule has 0 aromatic rings. The normalized spacial score (nSPS) is 22.2. The van der Waals surface area contributed by atoms with E-state index in [1.807, 2.05) is 6.92 Å². The van der Waals surface area contributed by atoms with Crippen LogP contribution in [0.25, 0.3) is 0 Å². The first-order valence-corrected chi connectivity index (χ1v) is 3.43. The Balaban J connectivity index is 0. The maximum Gasteiger partial charge on any atom is 0.187 e. The van der Waals surface area contributed by atoms with E-state index in [-0.39, 0.29) is 39.5 Å². The molecule has 1 N–H and O–H groups in total. The molecule has 1 fully saturated rings. The second-order valence-corrected chi connectivity index (χ2v) is 3.06. The van der Waals surface area contributed by atoms with Crippen LogP contribution < -0.4 is 0 Å². The Morgan fingerprint density at radius 1 is 1.10 bits per heavy atom. The molecule has 0 bridgehead atoms. The van der Waals surface area contributed by atoms with Gasteiger partial charge < -0.3 is 5.11 Å². The summed E-state index contributed by atoms with van der Waals surface area (Å²) >= 11 is 0. The Hall–Kier alpha value is 0.986. The molecule has 0 aromatic heterocycles. The molecule has 0 aliphatic heterocycles. The second-order valence-electron chi connectivity index (χ2n) is 3.06. The Morgan fingerprint density at radius 2 is 1.50 bits per heavy atom. The van der Waals surface area contributed by atoms with Gasteiger partial charge in [-0.1, -0.05) is 19.3 Å². The summed E-state index contributed by atoms with van der Waals surface area (Å²) in [4.78, 5) is 0. The Kier molecular flexibility index (Phi) is 7.61. The van der Waals surface area contributed by atoms with E-state index in [4.69, 9.17) is 0 Å². The number of aliphatic hydroxyl groups is 1. The molecule has 0 unspecified atom stereocenters. The molecule has 1 nitrogen and oxygen atoms in total. The zero-order chi connectivity index (χ0) is 6.04. The molecule has 64 valence electrons. The van der Waals surface area contributed by atoms with Crippen molar-refractivity contribution in [2.75, 3.05) is 0 Å². The van der Waals surface area contributed by atoms with Gasteiger partial charge >= 0.3 is 0 Å². The van der Waals surface area contributed by atoms with Gasteiger partial charge in [0.25, 0.3) is 0 Å². The molecule has 0 saturated heterocycles. The molecule has 10 heavy (non-hydrogen) atoms. The summed E-state index contributed by atoms with van der Waals surface area (Å²) in [6.07, 6.45) is 5.76. The summed E-state index contributed by atoms with van der Waals surface area (Å²) in [5.74, 6) is 0. The monoisotopic (exact) mass is 202 g/mol. The van der Waals surface area contributed by atoms with Gasteiger partial charge in [-0.2, -0.15) is 0 Å². The summed E-state index contributed by atoms with van der Waals surface area (Å²) in [5.41, 5.74) is -0.321. The van der Waals surface area contributed by atoms with Crippen molar-refractivity contribution in [2.24, 2.45) is 0 Å². The Bertz CT molecular complexity index is 77.7. The average Bonchev–Trinajstić information content (AvgIpc) is 1.65. The van der Waals surface area contributed by atoms with Gasteiger partial charge in [0, 0.05) is 16.5 Å². The second kappa shape index (κ2) is 5.61. The van der Waals surface area contributed by atoms with Crippen LogP contribution in [0.3, 0.4) is 0 Å². The molecule has 0 heterocycles. The van der Waals surface area contributed by atoms with E-state index in [0.717, 1.165) is 12.8 Å². The van der Waals surface area contributed by atoms with Crippen molar-refractivity contribution in [1.29, 1.82) is 0 Å². The van der Waals surface area contributed by atoms with E-state index >= 15 is 0 Å². The molecule has 1 saturated carbocycles. The zero-order valence-corrected chi connectivity index (χ0v) is 6.79. The number of hydrogen-bond donors (Lipinski definition) is 1. The minimum atomic E-state index is -0.321. The van der Waals surface area contributed by atoms with Crippen LogP contribution in [0.4, 0.5) is 0 Å². The van der Waals surface area contributed by atoms with Gasteiger partial charge in [0.1, 0.15) is 0 Å². The SMILES string of the molecule is CC1(O)CCCCC1.[AlH3].[Ni]. The maximum absolute atomic E-state index is 9.37.